The van der Waals surface area contributed by atoms with Gasteiger partial charge in [-0.15, -0.1) is 6.58 Å². The minimum Gasteiger partial charge on any atom is -0.370 e. The molecule has 0 spiro atoms. The Balaban J connectivity index is 2.72. The number of hydrogen-bond acceptors (Lipinski definition) is 3. The molecule has 2 amide bonds. The lowest BCUT2D eigenvalue weighted by atomic mass is 9.95. The molecule has 1 unspecified atom stereocenters. The molecule has 0 aromatic carbocycles. The van der Waals surface area contributed by atoms with Crippen LogP contribution in [0.3, 0.4) is 0 Å². The Bertz CT molecular complexity index is 434. The number of amides is 2. The van der Waals surface area contributed by atoms with Crippen molar-refractivity contribution in [1.82, 2.24) is 15.1 Å². The second kappa shape index (κ2) is 9.07. The van der Waals surface area contributed by atoms with Gasteiger partial charge in [0.05, 0.1) is 0 Å². The molecule has 0 aliphatic carbocycles. The first kappa shape index (κ1) is 18.0. The number of rotatable bonds is 6. The molecule has 0 saturated carbocycles. The summed E-state index contributed by atoms with van der Waals surface area (Å²) in [5.41, 5.74) is 5.29. The van der Waals surface area contributed by atoms with Gasteiger partial charge in [0.2, 0.25) is 11.8 Å². The van der Waals surface area contributed by atoms with E-state index in [4.69, 9.17) is 5.73 Å². The molecule has 1 atom stereocenters. The number of piperidine rings is 1. The Morgan fingerprint density at radius 3 is 2.82 bits per heavy atom. The zero-order valence-electron chi connectivity index (χ0n) is 13.5. The van der Waals surface area contributed by atoms with Crippen molar-refractivity contribution >= 4 is 17.8 Å². The van der Waals surface area contributed by atoms with E-state index < -0.39 is 0 Å². The Labute approximate surface area is 132 Å². The van der Waals surface area contributed by atoms with Crippen molar-refractivity contribution in [2.45, 2.75) is 19.3 Å². The number of likely N-dealkylation sites (N-methyl/N-ethyl adjacent to an activating group) is 1. The Morgan fingerprint density at radius 2 is 2.23 bits per heavy atom. The lowest BCUT2D eigenvalue weighted by molar-refractivity contribution is -0.127. The van der Waals surface area contributed by atoms with E-state index in [9.17, 15) is 9.59 Å². The van der Waals surface area contributed by atoms with Crippen LogP contribution in [-0.2, 0) is 9.59 Å². The highest BCUT2D eigenvalue weighted by Gasteiger charge is 2.23. The largest absolute Gasteiger partial charge is 0.370 e. The van der Waals surface area contributed by atoms with E-state index in [1.54, 1.807) is 20.2 Å². The second-order valence-corrected chi connectivity index (χ2v) is 5.72. The standard InChI is InChI=1S/C15H27N5O2/c1-4-7-17-15(18-10-14(22)19(2)3)20-8-5-6-12(11-20)9-13(16)21/h4,12H,1,5-11H2,2-3H3,(H2,16,21)(H,17,18). The van der Waals surface area contributed by atoms with Crippen molar-refractivity contribution in [3.8, 4) is 0 Å². The number of hydrogen-bond donors (Lipinski definition) is 2. The normalized spacial score (nSPS) is 18.7. The molecular weight excluding hydrogens is 282 g/mol. The van der Waals surface area contributed by atoms with Crippen molar-refractivity contribution in [3.63, 3.8) is 0 Å². The van der Waals surface area contributed by atoms with E-state index in [0.29, 0.717) is 18.9 Å². The fourth-order valence-corrected chi connectivity index (χ4v) is 2.42. The van der Waals surface area contributed by atoms with Crippen molar-refractivity contribution < 1.29 is 9.59 Å². The number of nitrogens with one attached hydrogen (secondary N) is 1. The van der Waals surface area contributed by atoms with Crippen molar-refractivity contribution in [2.24, 2.45) is 16.6 Å². The fourth-order valence-electron chi connectivity index (χ4n) is 2.42. The highest BCUT2D eigenvalue weighted by atomic mass is 16.2. The number of nitrogens with two attached hydrogens (primary N) is 1. The predicted octanol–water partition coefficient (Wildman–Crippen LogP) is -0.206. The van der Waals surface area contributed by atoms with Crippen LogP contribution >= 0.6 is 0 Å². The minimum absolute atomic E-state index is 0.0522. The molecule has 22 heavy (non-hydrogen) atoms. The smallest absolute Gasteiger partial charge is 0.243 e. The summed E-state index contributed by atoms with van der Waals surface area (Å²) in [5, 5.41) is 3.18. The van der Waals surface area contributed by atoms with Crippen molar-refractivity contribution in [1.29, 1.82) is 0 Å². The van der Waals surface area contributed by atoms with Crippen LogP contribution in [-0.4, -0.2) is 67.8 Å². The van der Waals surface area contributed by atoms with Crippen LogP contribution in [0.5, 0.6) is 0 Å². The van der Waals surface area contributed by atoms with Crippen LogP contribution in [0.4, 0.5) is 0 Å². The highest BCUT2D eigenvalue weighted by molar-refractivity contribution is 5.85. The van der Waals surface area contributed by atoms with Gasteiger partial charge in [-0.3, -0.25) is 9.59 Å². The maximum Gasteiger partial charge on any atom is 0.243 e. The first-order valence-corrected chi connectivity index (χ1v) is 7.56. The molecule has 7 nitrogen and oxygen atoms in total. The molecule has 1 rings (SSSR count). The van der Waals surface area contributed by atoms with E-state index in [-0.39, 0.29) is 24.3 Å². The van der Waals surface area contributed by atoms with E-state index in [1.807, 2.05) is 0 Å². The number of guanidine groups is 1. The fraction of sp³-hybridized carbons (Fsp3) is 0.667. The molecule has 1 fully saturated rings. The summed E-state index contributed by atoms with van der Waals surface area (Å²) in [6.07, 6.45) is 4.11. The maximum atomic E-state index is 11.7. The third kappa shape index (κ3) is 6.15. The van der Waals surface area contributed by atoms with Crippen molar-refractivity contribution in [2.75, 3.05) is 40.3 Å². The van der Waals surface area contributed by atoms with Gasteiger partial charge in [-0.1, -0.05) is 6.08 Å². The number of aliphatic imine (C=N–C) groups is 1. The van der Waals surface area contributed by atoms with Gasteiger partial charge >= 0.3 is 0 Å². The third-order valence-corrected chi connectivity index (χ3v) is 3.58. The van der Waals surface area contributed by atoms with E-state index in [0.717, 1.165) is 25.9 Å². The Hall–Kier alpha value is -2.05. The summed E-state index contributed by atoms with van der Waals surface area (Å²) in [5.74, 6) is 0.603. The number of primary amides is 1. The van der Waals surface area contributed by atoms with Gasteiger partial charge < -0.3 is 20.9 Å². The van der Waals surface area contributed by atoms with Gasteiger partial charge in [0.1, 0.15) is 6.54 Å². The Morgan fingerprint density at radius 1 is 1.50 bits per heavy atom. The van der Waals surface area contributed by atoms with Crippen LogP contribution in [0.25, 0.3) is 0 Å². The summed E-state index contributed by atoms with van der Waals surface area (Å²) in [4.78, 5) is 30.8. The van der Waals surface area contributed by atoms with Crippen LogP contribution in [0, 0.1) is 5.92 Å². The molecule has 1 aliphatic rings. The molecule has 1 saturated heterocycles. The molecule has 124 valence electrons. The average Bonchev–Trinajstić information content (AvgIpc) is 2.46. The minimum atomic E-state index is -0.271. The number of likely N-dealkylation sites (tertiary alicyclic amines) is 1. The zero-order valence-corrected chi connectivity index (χ0v) is 13.5. The monoisotopic (exact) mass is 309 g/mol. The topological polar surface area (TPSA) is 91.0 Å². The van der Waals surface area contributed by atoms with Gasteiger partial charge in [-0.25, -0.2) is 4.99 Å². The number of carbonyl (C=O) groups is 2. The lowest BCUT2D eigenvalue weighted by Crippen LogP contribution is -2.47. The SMILES string of the molecule is C=CCNC(=NCC(=O)N(C)C)N1CCCC(CC(N)=O)C1. The summed E-state index contributed by atoms with van der Waals surface area (Å²) in [6, 6.07) is 0. The quantitative estimate of drug-likeness (QED) is 0.404. The first-order chi connectivity index (χ1) is 10.4. The average molecular weight is 309 g/mol. The molecule has 3 N–H and O–H groups in total. The predicted molar refractivity (Wildman–Crippen MR) is 87.3 cm³/mol. The van der Waals surface area contributed by atoms with Gasteiger partial charge in [0.25, 0.3) is 0 Å². The van der Waals surface area contributed by atoms with Crippen LogP contribution < -0.4 is 11.1 Å². The van der Waals surface area contributed by atoms with Gasteiger partial charge in [0, 0.05) is 40.2 Å². The molecule has 0 radical (unpaired) electrons. The number of carbonyl (C=O) groups excluding carboxylic acids is 2. The number of nitrogens with zero attached hydrogens (tertiary/aromatic N) is 3. The lowest BCUT2D eigenvalue weighted by Gasteiger charge is -2.34. The second-order valence-electron chi connectivity index (χ2n) is 5.72. The maximum absolute atomic E-state index is 11.7. The molecule has 0 aromatic heterocycles. The van der Waals surface area contributed by atoms with Gasteiger partial charge in [0.15, 0.2) is 5.96 Å². The first-order valence-electron chi connectivity index (χ1n) is 7.56. The summed E-state index contributed by atoms with van der Waals surface area (Å²) < 4.78 is 0. The van der Waals surface area contributed by atoms with E-state index >= 15 is 0 Å². The van der Waals surface area contributed by atoms with E-state index in [1.165, 1.54) is 4.90 Å². The van der Waals surface area contributed by atoms with Crippen LogP contribution in [0.2, 0.25) is 0 Å². The molecule has 0 bridgehead atoms. The zero-order chi connectivity index (χ0) is 16.5. The molecule has 7 heteroatoms. The summed E-state index contributed by atoms with van der Waals surface area (Å²) >= 11 is 0. The summed E-state index contributed by atoms with van der Waals surface area (Å²) in [6.45, 7) is 5.94. The molecule has 1 aliphatic heterocycles. The third-order valence-electron chi connectivity index (χ3n) is 3.58. The highest BCUT2D eigenvalue weighted by Crippen LogP contribution is 2.19. The van der Waals surface area contributed by atoms with Crippen molar-refractivity contribution in [3.05, 3.63) is 12.7 Å². The van der Waals surface area contributed by atoms with Gasteiger partial charge in [-0.05, 0) is 18.8 Å². The summed E-state index contributed by atoms with van der Waals surface area (Å²) in [7, 11) is 3.41. The molecular formula is C15H27N5O2. The van der Waals surface area contributed by atoms with Crippen LogP contribution in [0.15, 0.2) is 17.6 Å². The Kier molecular flexibility index (Phi) is 7.42. The van der Waals surface area contributed by atoms with Crippen LogP contribution in [0.1, 0.15) is 19.3 Å². The van der Waals surface area contributed by atoms with E-state index in [2.05, 4.69) is 21.8 Å². The molecule has 1 heterocycles. The molecule has 0 aromatic rings. The van der Waals surface area contributed by atoms with Gasteiger partial charge in [-0.2, -0.15) is 0 Å².